The van der Waals surface area contributed by atoms with Crippen molar-refractivity contribution in [3.05, 3.63) is 77.9 Å². The second-order valence-corrected chi connectivity index (χ2v) is 9.06. The molecule has 0 radical (unpaired) electrons. The maximum absolute atomic E-state index is 13.4. The minimum atomic E-state index is -0.743. The molecule has 6 heteroatoms. The van der Waals surface area contributed by atoms with Crippen LogP contribution < -0.4 is 10.6 Å². The summed E-state index contributed by atoms with van der Waals surface area (Å²) in [6.07, 6.45) is 5.72. The van der Waals surface area contributed by atoms with E-state index in [1.54, 1.807) is 0 Å². The summed E-state index contributed by atoms with van der Waals surface area (Å²) in [4.78, 5) is 41.1. The van der Waals surface area contributed by atoms with Crippen LogP contribution in [-0.2, 0) is 16.0 Å². The molecule has 2 aromatic rings. The number of hydrogen-bond donors (Lipinski definition) is 2. The molecule has 1 saturated heterocycles. The predicted molar refractivity (Wildman–Crippen MR) is 121 cm³/mol. The first-order chi connectivity index (χ1) is 15.5. The maximum Gasteiger partial charge on any atom is 0.320 e. The van der Waals surface area contributed by atoms with Crippen molar-refractivity contribution in [3.63, 3.8) is 0 Å². The van der Waals surface area contributed by atoms with Crippen LogP contribution in [0.4, 0.5) is 10.5 Å². The average molecular weight is 430 g/mol. The second-order valence-electron chi connectivity index (χ2n) is 9.06. The summed E-state index contributed by atoms with van der Waals surface area (Å²) in [6, 6.07) is 16.7. The summed E-state index contributed by atoms with van der Waals surface area (Å²) in [5, 5.41) is 5.72. The molecule has 3 aliphatic carbocycles. The number of likely N-dealkylation sites (tertiary alicyclic amines) is 1. The topological polar surface area (TPSA) is 78.5 Å². The van der Waals surface area contributed by atoms with Crippen LogP contribution in [-0.4, -0.2) is 28.9 Å². The molecule has 0 aromatic heterocycles. The Kier molecular flexibility index (Phi) is 5.29. The zero-order chi connectivity index (χ0) is 22.2. The van der Waals surface area contributed by atoms with Crippen molar-refractivity contribution < 1.29 is 14.4 Å². The third kappa shape index (κ3) is 3.70. The van der Waals surface area contributed by atoms with Gasteiger partial charge in [-0.1, -0.05) is 60.2 Å². The Morgan fingerprint density at radius 3 is 2.09 bits per heavy atom. The van der Waals surface area contributed by atoms with E-state index >= 15 is 0 Å². The number of rotatable bonds is 5. The number of amides is 4. The van der Waals surface area contributed by atoms with Gasteiger partial charge in [-0.2, -0.15) is 0 Å². The number of imide groups is 1. The fourth-order valence-corrected chi connectivity index (χ4v) is 5.40. The molecule has 1 aliphatic heterocycles. The lowest BCUT2D eigenvalue weighted by Crippen LogP contribution is -2.53. The lowest BCUT2D eigenvalue weighted by Gasteiger charge is -2.38. The lowest BCUT2D eigenvalue weighted by molar-refractivity contribution is -0.143. The SMILES string of the molecule is Cc1ccc(NC(=O)N[C@H](Cc2ccccc2)N2C(=O)[C@@H]3[C@@H](C2=O)[C@H]2C=C[C@H]3CC2)cc1. The molecule has 0 spiro atoms. The van der Waals surface area contributed by atoms with Crippen molar-refractivity contribution in [2.45, 2.75) is 32.4 Å². The molecule has 2 fully saturated rings. The number of fused-ring (bicyclic) bond motifs is 1. The van der Waals surface area contributed by atoms with Gasteiger partial charge in [0.1, 0.15) is 6.17 Å². The van der Waals surface area contributed by atoms with E-state index in [9.17, 15) is 14.4 Å². The van der Waals surface area contributed by atoms with Gasteiger partial charge in [0.15, 0.2) is 0 Å². The molecule has 4 aliphatic rings. The van der Waals surface area contributed by atoms with Crippen LogP contribution in [0.1, 0.15) is 24.0 Å². The molecule has 32 heavy (non-hydrogen) atoms. The summed E-state index contributed by atoms with van der Waals surface area (Å²) < 4.78 is 0. The van der Waals surface area contributed by atoms with Crippen molar-refractivity contribution >= 4 is 23.5 Å². The fraction of sp³-hybridized carbons (Fsp3) is 0.346. The molecule has 0 unspecified atom stereocenters. The van der Waals surface area contributed by atoms with Gasteiger partial charge in [0.05, 0.1) is 11.8 Å². The second kappa shape index (κ2) is 8.26. The fourth-order valence-electron chi connectivity index (χ4n) is 5.40. The summed E-state index contributed by atoms with van der Waals surface area (Å²) in [5.41, 5.74) is 2.70. The van der Waals surface area contributed by atoms with Crippen LogP contribution in [0, 0.1) is 30.6 Å². The monoisotopic (exact) mass is 429 g/mol. The van der Waals surface area contributed by atoms with E-state index in [1.165, 1.54) is 4.90 Å². The Balaban J connectivity index is 1.40. The number of aryl methyl sites for hydroxylation is 1. The molecular formula is C26H27N3O3. The first-order valence-electron chi connectivity index (χ1n) is 11.2. The molecule has 6 rings (SSSR count). The number of nitrogens with one attached hydrogen (secondary N) is 2. The Bertz CT molecular complexity index is 1030. The molecule has 2 aromatic carbocycles. The van der Waals surface area contributed by atoms with E-state index in [2.05, 4.69) is 22.8 Å². The number of benzene rings is 2. The van der Waals surface area contributed by atoms with E-state index in [-0.39, 0.29) is 35.5 Å². The minimum absolute atomic E-state index is 0.116. The van der Waals surface area contributed by atoms with Gasteiger partial charge >= 0.3 is 6.03 Å². The van der Waals surface area contributed by atoms with Gasteiger partial charge in [-0.15, -0.1) is 0 Å². The molecule has 1 heterocycles. The number of carbonyl (C=O) groups excluding carboxylic acids is 3. The van der Waals surface area contributed by atoms with Gasteiger partial charge < -0.3 is 10.6 Å². The van der Waals surface area contributed by atoms with Crippen molar-refractivity contribution in [3.8, 4) is 0 Å². The minimum Gasteiger partial charge on any atom is -0.317 e. The first-order valence-corrected chi connectivity index (χ1v) is 11.2. The average Bonchev–Trinajstić information content (AvgIpc) is 3.09. The third-order valence-corrected chi connectivity index (χ3v) is 6.98. The summed E-state index contributed by atoms with van der Waals surface area (Å²) >= 11 is 0. The highest BCUT2D eigenvalue weighted by molar-refractivity contribution is 6.06. The molecule has 2 N–H and O–H groups in total. The Labute approximate surface area is 187 Å². The molecule has 4 amide bonds. The molecule has 164 valence electrons. The Morgan fingerprint density at radius 1 is 0.938 bits per heavy atom. The van der Waals surface area contributed by atoms with Gasteiger partial charge in [0, 0.05) is 12.1 Å². The van der Waals surface area contributed by atoms with Crippen LogP contribution in [0.15, 0.2) is 66.7 Å². The normalized spacial score (nSPS) is 26.7. The van der Waals surface area contributed by atoms with Crippen molar-refractivity contribution in [2.75, 3.05) is 5.32 Å². The van der Waals surface area contributed by atoms with Crippen LogP contribution in [0.5, 0.6) is 0 Å². The standard InChI is InChI=1S/C26H27N3O3/c1-16-7-13-20(14-8-16)27-26(32)28-21(15-17-5-3-2-4-6-17)29-24(30)22-18-9-10-19(12-11-18)23(22)25(29)31/h2-10,13-14,18-19,21-23H,11-12,15H2,1H3,(H2,27,28,32)/t18-,19-,21-,22-,23-/m0/s1. The highest BCUT2D eigenvalue weighted by atomic mass is 16.2. The van der Waals surface area contributed by atoms with Gasteiger partial charge in [0.25, 0.3) is 0 Å². The number of carbonyl (C=O) groups is 3. The molecule has 5 atom stereocenters. The largest absolute Gasteiger partial charge is 0.320 e. The third-order valence-electron chi connectivity index (χ3n) is 6.98. The lowest BCUT2D eigenvalue weighted by atomic mass is 9.63. The quantitative estimate of drug-likeness (QED) is 0.559. The van der Waals surface area contributed by atoms with Crippen LogP contribution in [0.2, 0.25) is 0 Å². The van der Waals surface area contributed by atoms with E-state index in [0.29, 0.717) is 12.1 Å². The summed E-state index contributed by atoms with van der Waals surface area (Å²) in [5.74, 6) is -0.681. The molecule has 6 nitrogen and oxygen atoms in total. The van der Waals surface area contributed by atoms with Crippen LogP contribution in [0.3, 0.4) is 0 Å². The highest BCUT2D eigenvalue weighted by Crippen LogP contribution is 2.50. The van der Waals surface area contributed by atoms with Crippen molar-refractivity contribution in [1.29, 1.82) is 0 Å². The van der Waals surface area contributed by atoms with Gasteiger partial charge in [-0.3, -0.25) is 14.5 Å². The molecule has 1 saturated carbocycles. The molecular weight excluding hydrogens is 402 g/mol. The van der Waals surface area contributed by atoms with E-state index in [0.717, 1.165) is 24.0 Å². The van der Waals surface area contributed by atoms with E-state index in [4.69, 9.17) is 0 Å². The Hall–Kier alpha value is -3.41. The number of anilines is 1. The highest BCUT2D eigenvalue weighted by Gasteiger charge is 2.58. The zero-order valence-corrected chi connectivity index (χ0v) is 18.0. The first kappa shape index (κ1) is 20.5. The maximum atomic E-state index is 13.4. The predicted octanol–water partition coefficient (Wildman–Crippen LogP) is 3.88. The zero-order valence-electron chi connectivity index (χ0n) is 18.0. The van der Waals surface area contributed by atoms with Crippen molar-refractivity contribution in [2.24, 2.45) is 23.7 Å². The summed E-state index contributed by atoms with van der Waals surface area (Å²) in [7, 11) is 0. The van der Waals surface area contributed by atoms with Gasteiger partial charge in [-0.25, -0.2) is 4.79 Å². The number of nitrogens with zero attached hydrogens (tertiary/aromatic N) is 1. The number of allylic oxidation sites excluding steroid dienone is 2. The van der Waals surface area contributed by atoms with Crippen LogP contribution in [0.25, 0.3) is 0 Å². The van der Waals surface area contributed by atoms with Crippen molar-refractivity contribution in [1.82, 2.24) is 10.2 Å². The van der Waals surface area contributed by atoms with Crippen LogP contribution >= 0.6 is 0 Å². The van der Waals surface area contributed by atoms with Gasteiger partial charge in [-0.05, 0) is 49.3 Å². The summed E-state index contributed by atoms with van der Waals surface area (Å²) in [6.45, 7) is 1.98. The molecule has 2 bridgehead atoms. The number of hydrogen-bond acceptors (Lipinski definition) is 3. The van der Waals surface area contributed by atoms with E-state index in [1.807, 2.05) is 61.5 Å². The van der Waals surface area contributed by atoms with Gasteiger partial charge in [0.2, 0.25) is 11.8 Å². The Morgan fingerprint density at radius 2 is 1.53 bits per heavy atom. The van der Waals surface area contributed by atoms with E-state index < -0.39 is 12.2 Å². The smallest absolute Gasteiger partial charge is 0.317 e. The number of urea groups is 1.